The molecule has 0 saturated heterocycles. The second kappa shape index (κ2) is 15.8. The predicted molar refractivity (Wildman–Crippen MR) is 182 cm³/mol. The predicted octanol–water partition coefficient (Wildman–Crippen LogP) is 9.25. The molecular weight excluding hydrogens is 540 g/mol. The molecule has 44 heavy (non-hydrogen) atoms. The van der Waals surface area contributed by atoms with Crippen LogP contribution in [0.3, 0.4) is 0 Å². The summed E-state index contributed by atoms with van der Waals surface area (Å²) in [5.41, 5.74) is 12.1. The van der Waals surface area contributed by atoms with E-state index in [0.29, 0.717) is 26.1 Å². The molecule has 224 valence electrons. The molecule has 0 N–H and O–H groups in total. The van der Waals surface area contributed by atoms with E-state index in [1.54, 1.807) is 0 Å². The van der Waals surface area contributed by atoms with Gasteiger partial charge in [0.25, 0.3) is 0 Å². The average molecular weight is 583 g/mol. The molecule has 3 heteroatoms. The van der Waals surface area contributed by atoms with E-state index in [-0.39, 0.29) is 0 Å². The maximum Gasteiger partial charge on any atom is 0.124 e. The second-order valence-corrected chi connectivity index (χ2v) is 11.1. The molecule has 0 amide bonds. The third-order valence-electron chi connectivity index (χ3n) is 8.24. The first-order chi connectivity index (χ1) is 21.7. The van der Waals surface area contributed by atoms with E-state index in [4.69, 9.17) is 9.47 Å². The highest BCUT2D eigenvalue weighted by Crippen LogP contribution is 2.42. The molecule has 0 unspecified atom stereocenters. The summed E-state index contributed by atoms with van der Waals surface area (Å²) in [5.74, 6) is 0.848. The number of hydrogen-bond acceptors (Lipinski definition) is 3. The lowest BCUT2D eigenvalue weighted by molar-refractivity contribution is -0.107. The van der Waals surface area contributed by atoms with Crippen molar-refractivity contribution in [2.24, 2.45) is 0 Å². The van der Waals surface area contributed by atoms with Crippen molar-refractivity contribution >= 4 is 6.29 Å². The Kier molecular flexibility index (Phi) is 11.2. The van der Waals surface area contributed by atoms with Crippen LogP contribution in [0.5, 0.6) is 5.75 Å². The number of benzene rings is 5. The molecule has 0 aliphatic rings. The van der Waals surface area contributed by atoms with E-state index >= 15 is 0 Å². The van der Waals surface area contributed by atoms with Crippen LogP contribution < -0.4 is 4.74 Å². The van der Waals surface area contributed by atoms with Crippen molar-refractivity contribution in [1.29, 1.82) is 0 Å². The molecule has 0 atom stereocenters. The number of carbonyl (C=O) groups is 1. The number of aldehydes is 1. The largest absolute Gasteiger partial charge is 0.493 e. The molecular formula is C41H42O3. The first kappa shape index (κ1) is 31.0. The van der Waals surface area contributed by atoms with Gasteiger partial charge >= 0.3 is 0 Å². The molecule has 5 rings (SSSR count). The van der Waals surface area contributed by atoms with Gasteiger partial charge in [0.05, 0.1) is 13.2 Å². The zero-order valence-corrected chi connectivity index (χ0v) is 25.9. The summed E-state index contributed by atoms with van der Waals surface area (Å²) >= 11 is 0. The van der Waals surface area contributed by atoms with Crippen molar-refractivity contribution < 1.29 is 14.3 Å². The third kappa shape index (κ3) is 7.53. The molecule has 0 bridgehead atoms. The topological polar surface area (TPSA) is 35.5 Å². The summed E-state index contributed by atoms with van der Waals surface area (Å²) in [7, 11) is 0. The third-order valence-corrected chi connectivity index (χ3v) is 8.24. The molecule has 0 heterocycles. The van der Waals surface area contributed by atoms with Crippen molar-refractivity contribution in [3.05, 3.63) is 149 Å². The second-order valence-electron chi connectivity index (χ2n) is 11.1. The van der Waals surface area contributed by atoms with Crippen molar-refractivity contribution in [2.45, 2.75) is 46.0 Å². The van der Waals surface area contributed by atoms with Crippen LogP contribution in [-0.4, -0.2) is 26.1 Å². The van der Waals surface area contributed by atoms with Crippen LogP contribution in [0.25, 0.3) is 22.3 Å². The quantitative estimate of drug-likeness (QED) is 0.0912. The van der Waals surface area contributed by atoms with Gasteiger partial charge in [-0.15, -0.1) is 0 Å². The Hall–Kier alpha value is -4.47. The van der Waals surface area contributed by atoms with Gasteiger partial charge < -0.3 is 14.3 Å². The molecule has 0 aliphatic heterocycles. The van der Waals surface area contributed by atoms with Crippen LogP contribution in [0.1, 0.15) is 46.7 Å². The Morgan fingerprint density at radius 1 is 0.614 bits per heavy atom. The Balaban J connectivity index is 1.74. The summed E-state index contributed by atoms with van der Waals surface area (Å²) in [4.78, 5) is 12.3. The Morgan fingerprint density at radius 3 is 1.91 bits per heavy atom. The lowest BCUT2D eigenvalue weighted by atomic mass is 9.78. The normalized spacial score (nSPS) is 11.0. The fourth-order valence-corrected chi connectivity index (χ4v) is 6.18. The smallest absolute Gasteiger partial charge is 0.124 e. The van der Waals surface area contributed by atoms with Crippen molar-refractivity contribution in [3.63, 3.8) is 0 Å². The van der Waals surface area contributed by atoms with Gasteiger partial charge in [-0.3, -0.25) is 0 Å². The first-order valence-electron chi connectivity index (χ1n) is 15.7. The van der Waals surface area contributed by atoms with Gasteiger partial charge in [0, 0.05) is 19.4 Å². The Morgan fingerprint density at radius 2 is 1.23 bits per heavy atom. The van der Waals surface area contributed by atoms with E-state index in [1.165, 1.54) is 50.1 Å². The number of carbonyl (C=O) groups excluding carboxylic acids is 1. The highest BCUT2D eigenvalue weighted by atomic mass is 16.5. The lowest BCUT2D eigenvalue weighted by Crippen LogP contribution is -2.15. The maximum absolute atomic E-state index is 12.3. The fourth-order valence-electron chi connectivity index (χ4n) is 6.18. The maximum atomic E-state index is 12.3. The average Bonchev–Trinajstić information content (AvgIpc) is 3.07. The molecule has 5 aromatic rings. The van der Waals surface area contributed by atoms with Crippen LogP contribution in [-0.2, 0) is 35.2 Å². The molecule has 3 nitrogen and oxygen atoms in total. The van der Waals surface area contributed by atoms with E-state index < -0.39 is 0 Å². The SMILES string of the molecule is CCCOCCc1c(C)c(Cc2ccccc2)c(-c2ccccc2-c2ccccc2)c(CCOc2ccccc2)c1CC=O. The highest BCUT2D eigenvalue weighted by molar-refractivity contribution is 5.88. The Labute approximate surface area is 262 Å². The van der Waals surface area contributed by atoms with Gasteiger partial charge in [0.15, 0.2) is 0 Å². The van der Waals surface area contributed by atoms with Crippen molar-refractivity contribution in [2.75, 3.05) is 19.8 Å². The van der Waals surface area contributed by atoms with Gasteiger partial charge in [-0.25, -0.2) is 0 Å². The summed E-state index contributed by atoms with van der Waals surface area (Å²) in [6, 6.07) is 39.9. The minimum Gasteiger partial charge on any atom is -0.493 e. The number of para-hydroxylation sites is 1. The van der Waals surface area contributed by atoms with Crippen LogP contribution in [0.2, 0.25) is 0 Å². The summed E-state index contributed by atoms with van der Waals surface area (Å²) in [6.45, 7) is 6.24. The molecule has 0 fully saturated rings. The summed E-state index contributed by atoms with van der Waals surface area (Å²) in [5, 5.41) is 0. The molecule has 0 spiro atoms. The van der Waals surface area contributed by atoms with Crippen LogP contribution in [0, 0.1) is 6.92 Å². The minimum absolute atomic E-state index is 0.358. The zero-order valence-electron chi connectivity index (χ0n) is 25.9. The van der Waals surface area contributed by atoms with Gasteiger partial charge in [-0.1, -0.05) is 110 Å². The highest BCUT2D eigenvalue weighted by Gasteiger charge is 2.24. The van der Waals surface area contributed by atoms with Crippen molar-refractivity contribution in [3.8, 4) is 28.0 Å². The molecule has 0 aromatic heterocycles. The molecule has 0 radical (unpaired) electrons. The van der Waals surface area contributed by atoms with E-state index in [0.717, 1.165) is 43.5 Å². The standard InChI is InChI=1S/C41H42O3/c1-3-27-43-28-24-35-31(2)40(30-32-15-7-4-8-16-32)41(38-22-14-13-21-36(38)33-17-9-5-10-18-33)39(37(35)23-26-42)25-29-44-34-19-11-6-12-20-34/h4-22,26H,3,23-25,27-30H2,1-2H3. The monoisotopic (exact) mass is 582 g/mol. The van der Waals surface area contributed by atoms with Gasteiger partial charge in [0.1, 0.15) is 12.0 Å². The van der Waals surface area contributed by atoms with Gasteiger partial charge in [-0.05, 0) is 94.0 Å². The van der Waals surface area contributed by atoms with E-state index in [2.05, 4.69) is 98.8 Å². The van der Waals surface area contributed by atoms with Crippen LogP contribution in [0.15, 0.2) is 115 Å². The van der Waals surface area contributed by atoms with E-state index in [9.17, 15) is 4.79 Å². The van der Waals surface area contributed by atoms with E-state index in [1.807, 2.05) is 30.3 Å². The van der Waals surface area contributed by atoms with Crippen LogP contribution in [0.4, 0.5) is 0 Å². The fraction of sp³-hybridized carbons (Fsp3) is 0.244. The number of hydrogen-bond donors (Lipinski definition) is 0. The Bertz CT molecular complexity index is 1630. The molecule has 0 aliphatic carbocycles. The lowest BCUT2D eigenvalue weighted by Gasteiger charge is -2.27. The molecule has 5 aromatic carbocycles. The number of rotatable bonds is 15. The van der Waals surface area contributed by atoms with Gasteiger partial charge in [-0.2, -0.15) is 0 Å². The first-order valence-corrected chi connectivity index (χ1v) is 15.7. The van der Waals surface area contributed by atoms with Crippen molar-refractivity contribution in [1.82, 2.24) is 0 Å². The molecule has 0 saturated carbocycles. The summed E-state index contributed by atoms with van der Waals surface area (Å²) < 4.78 is 12.3. The zero-order chi connectivity index (χ0) is 30.6. The minimum atomic E-state index is 0.358. The van der Waals surface area contributed by atoms with Crippen LogP contribution >= 0.6 is 0 Å². The van der Waals surface area contributed by atoms with Gasteiger partial charge in [0.2, 0.25) is 0 Å². The summed E-state index contributed by atoms with van der Waals surface area (Å²) in [6.07, 6.45) is 4.64. The number of ether oxygens (including phenoxy) is 2.